The van der Waals surface area contributed by atoms with Crippen LogP contribution in [0, 0.1) is 11.6 Å². The van der Waals surface area contributed by atoms with Gasteiger partial charge in [-0.25, -0.2) is 23.7 Å². The minimum atomic E-state index is -0.938. The van der Waals surface area contributed by atoms with E-state index in [1.807, 2.05) is 37.2 Å². The first-order valence-electron chi connectivity index (χ1n) is 15.6. The summed E-state index contributed by atoms with van der Waals surface area (Å²) in [5.74, 6) is -1.81. The maximum Gasteiger partial charge on any atom is 0.261 e. The van der Waals surface area contributed by atoms with Crippen LogP contribution in [-0.4, -0.2) is 91.1 Å². The van der Waals surface area contributed by atoms with Gasteiger partial charge < -0.3 is 30.1 Å². The molecule has 0 unspecified atom stereocenters. The minimum Gasteiger partial charge on any atom is -0.491 e. The standard InChI is InChI=1S/C35H35ClF2N8O2S/c1-44(2)18-19-48-29-11-10-24(21-25(29)36)41-34-39-13-12-28(42-34)32-31(43-35(49-32)46-16-14-45(3)15-17-46)22-6-4-7-23(20-22)40-33(47)30-26(37)8-5-9-27(30)38/h4-13,20-21H,14-19H2,1-3H3,(H,40,47)(H,39,41,42). The van der Waals surface area contributed by atoms with Crippen molar-refractivity contribution in [2.45, 2.75) is 0 Å². The molecule has 2 aromatic heterocycles. The van der Waals surface area contributed by atoms with Crippen molar-refractivity contribution >= 4 is 51.3 Å². The van der Waals surface area contributed by atoms with Crippen molar-refractivity contribution in [3.63, 3.8) is 0 Å². The second kappa shape index (κ2) is 15.2. The van der Waals surface area contributed by atoms with Crippen LogP contribution in [0.5, 0.6) is 5.75 Å². The van der Waals surface area contributed by atoms with Gasteiger partial charge in [-0.1, -0.05) is 41.1 Å². The number of hydrogen-bond acceptors (Lipinski definition) is 10. The summed E-state index contributed by atoms with van der Waals surface area (Å²) in [4.78, 5) is 34.5. The summed E-state index contributed by atoms with van der Waals surface area (Å²) >= 11 is 8.03. The van der Waals surface area contributed by atoms with Crippen molar-refractivity contribution in [2.24, 2.45) is 0 Å². The molecule has 1 saturated heterocycles. The normalized spacial score (nSPS) is 13.5. The van der Waals surface area contributed by atoms with Gasteiger partial charge in [0.1, 0.15) is 29.6 Å². The molecule has 0 atom stereocenters. The van der Waals surface area contributed by atoms with Crippen molar-refractivity contribution in [2.75, 3.05) is 76.0 Å². The van der Waals surface area contributed by atoms with E-state index < -0.39 is 23.1 Å². The lowest BCUT2D eigenvalue weighted by Gasteiger charge is -2.32. The summed E-state index contributed by atoms with van der Waals surface area (Å²) in [5.41, 5.74) is 2.40. The van der Waals surface area contributed by atoms with Crippen molar-refractivity contribution < 1.29 is 18.3 Å². The number of piperazine rings is 1. The first-order chi connectivity index (χ1) is 23.6. The molecular formula is C35H35ClF2N8O2S. The van der Waals surface area contributed by atoms with E-state index in [2.05, 4.69) is 32.5 Å². The van der Waals surface area contributed by atoms with Gasteiger partial charge in [-0.3, -0.25) is 4.79 Å². The molecule has 3 heterocycles. The predicted molar refractivity (Wildman–Crippen MR) is 191 cm³/mol. The molecule has 6 rings (SSSR count). The molecule has 1 amide bonds. The van der Waals surface area contributed by atoms with E-state index in [1.54, 1.807) is 36.5 Å². The maximum absolute atomic E-state index is 14.3. The van der Waals surface area contributed by atoms with E-state index in [0.717, 1.165) is 54.9 Å². The number of nitrogens with zero attached hydrogens (tertiary/aromatic N) is 6. The second-order valence-electron chi connectivity index (χ2n) is 11.8. The molecule has 5 aromatic rings. The summed E-state index contributed by atoms with van der Waals surface area (Å²) < 4.78 is 34.4. The molecule has 0 spiro atoms. The second-order valence-corrected chi connectivity index (χ2v) is 13.2. The number of ether oxygens (including phenoxy) is 1. The zero-order valence-corrected chi connectivity index (χ0v) is 28.8. The number of carbonyl (C=O) groups is 1. The molecule has 0 radical (unpaired) electrons. The highest BCUT2D eigenvalue weighted by molar-refractivity contribution is 7.19. The van der Waals surface area contributed by atoms with Crippen LogP contribution in [0.4, 0.5) is 31.2 Å². The minimum absolute atomic E-state index is 0.362. The van der Waals surface area contributed by atoms with Crippen LogP contribution in [0.2, 0.25) is 5.02 Å². The highest BCUT2D eigenvalue weighted by atomic mass is 35.5. The summed E-state index contributed by atoms with van der Waals surface area (Å²) in [6, 6.07) is 17.6. The average Bonchev–Trinajstić information content (AvgIpc) is 3.52. The van der Waals surface area contributed by atoms with E-state index in [-0.39, 0.29) is 0 Å². The Bertz CT molecular complexity index is 1930. The first-order valence-corrected chi connectivity index (χ1v) is 16.8. The summed E-state index contributed by atoms with van der Waals surface area (Å²) in [6.07, 6.45) is 1.67. The van der Waals surface area contributed by atoms with Gasteiger partial charge in [0.2, 0.25) is 5.95 Å². The van der Waals surface area contributed by atoms with Gasteiger partial charge in [-0.15, -0.1) is 0 Å². The van der Waals surface area contributed by atoms with E-state index >= 15 is 0 Å². The molecule has 0 aliphatic carbocycles. The smallest absolute Gasteiger partial charge is 0.261 e. The van der Waals surface area contributed by atoms with Crippen LogP contribution in [0.25, 0.3) is 21.8 Å². The summed E-state index contributed by atoms with van der Waals surface area (Å²) in [7, 11) is 6.05. The Hall–Kier alpha value is -4.69. The third-order valence-electron chi connectivity index (χ3n) is 7.85. The van der Waals surface area contributed by atoms with Crippen LogP contribution in [0.3, 0.4) is 0 Å². The number of aromatic nitrogens is 3. The highest BCUT2D eigenvalue weighted by Crippen LogP contribution is 2.41. The number of halogens is 3. The Labute approximate surface area is 292 Å². The fraction of sp³-hybridized carbons (Fsp3) is 0.257. The van der Waals surface area contributed by atoms with Crippen LogP contribution >= 0.6 is 22.9 Å². The average molecular weight is 705 g/mol. The Kier molecular flexibility index (Phi) is 10.6. The number of benzene rings is 3. The molecule has 254 valence electrons. The Morgan fingerprint density at radius 3 is 2.47 bits per heavy atom. The molecule has 0 bridgehead atoms. The molecule has 1 aliphatic heterocycles. The Morgan fingerprint density at radius 2 is 1.73 bits per heavy atom. The lowest BCUT2D eigenvalue weighted by atomic mass is 10.1. The number of nitrogens with one attached hydrogen (secondary N) is 2. The molecule has 14 heteroatoms. The van der Waals surface area contributed by atoms with Crippen LogP contribution in [0.15, 0.2) is 72.9 Å². The van der Waals surface area contributed by atoms with E-state index in [0.29, 0.717) is 51.7 Å². The van der Waals surface area contributed by atoms with Gasteiger partial charge in [-0.2, -0.15) is 0 Å². The first kappa shape index (κ1) is 34.2. The number of thiazole rings is 1. The molecule has 3 aromatic carbocycles. The van der Waals surface area contributed by atoms with Gasteiger partial charge in [0, 0.05) is 55.9 Å². The van der Waals surface area contributed by atoms with Crippen molar-refractivity contribution in [3.05, 3.63) is 95.1 Å². The fourth-order valence-corrected chi connectivity index (χ4v) is 6.52. The van der Waals surface area contributed by atoms with Crippen molar-refractivity contribution in [1.29, 1.82) is 0 Å². The lowest BCUT2D eigenvalue weighted by molar-refractivity contribution is 0.101. The number of amides is 1. The summed E-state index contributed by atoms with van der Waals surface area (Å²) in [6.45, 7) is 4.72. The SMILES string of the molecule is CN(C)CCOc1ccc(Nc2nccc(-c3sc(N4CCN(C)CC4)nc3-c3cccc(NC(=O)c4c(F)cccc4F)c3)n2)cc1Cl. The number of hydrogen-bond donors (Lipinski definition) is 2. The number of anilines is 4. The van der Waals surface area contributed by atoms with Crippen LogP contribution in [-0.2, 0) is 0 Å². The van der Waals surface area contributed by atoms with Crippen molar-refractivity contribution in [1.82, 2.24) is 24.8 Å². The van der Waals surface area contributed by atoms with E-state index in [1.165, 1.54) is 17.4 Å². The van der Waals surface area contributed by atoms with Gasteiger partial charge >= 0.3 is 0 Å². The summed E-state index contributed by atoms with van der Waals surface area (Å²) in [5, 5.41) is 7.17. The maximum atomic E-state index is 14.3. The third kappa shape index (κ3) is 8.31. The molecule has 10 nitrogen and oxygen atoms in total. The van der Waals surface area contributed by atoms with Crippen LogP contribution < -0.4 is 20.3 Å². The van der Waals surface area contributed by atoms with Gasteiger partial charge in [0.15, 0.2) is 5.13 Å². The predicted octanol–water partition coefficient (Wildman–Crippen LogP) is 6.89. The molecular weight excluding hydrogens is 670 g/mol. The van der Waals surface area contributed by atoms with Gasteiger partial charge in [-0.05, 0) is 69.7 Å². The quantitative estimate of drug-likeness (QED) is 0.152. The van der Waals surface area contributed by atoms with E-state index in [4.69, 9.17) is 26.3 Å². The third-order valence-corrected chi connectivity index (χ3v) is 9.28. The molecule has 0 saturated carbocycles. The lowest BCUT2D eigenvalue weighted by Crippen LogP contribution is -2.44. The molecule has 49 heavy (non-hydrogen) atoms. The largest absolute Gasteiger partial charge is 0.491 e. The molecule has 1 fully saturated rings. The topological polar surface area (TPSA) is 98.8 Å². The Balaban J connectivity index is 1.29. The molecule has 1 aliphatic rings. The zero-order chi connectivity index (χ0) is 34.5. The van der Waals surface area contributed by atoms with Crippen molar-refractivity contribution in [3.8, 4) is 27.6 Å². The van der Waals surface area contributed by atoms with E-state index in [9.17, 15) is 13.6 Å². The number of carbonyl (C=O) groups excluding carboxylic acids is 1. The molecule has 2 N–H and O–H groups in total. The Morgan fingerprint density at radius 1 is 0.980 bits per heavy atom. The number of rotatable bonds is 11. The highest BCUT2D eigenvalue weighted by Gasteiger charge is 2.24. The zero-order valence-electron chi connectivity index (χ0n) is 27.2. The van der Waals surface area contributed by atoms with Gasteiger partial charge in [0.25, 0.3) is 5.91 Å². The van der Waals surface area contributed by atoms with Gasteiger partial charge in [0.05, 0.1) is 21.3 Å². The fourth-order valence-electron chi connectivity index (χ4n) is 5.17. The number of likely N-dealkylation sites (N-methyl/N-ethyl adjacent to an activating group) is 2. The van der Waals surface area contributed by atoms with Crippen LogP contribution in [0.1, 0.15) is 10.4 Å². The monoisotopic (exact) mass is 704 g/mol.